The van der Waals surface area contributed by atoms with Gasteiger partial charge >= 0.3 is 0 Å². The molecule has 3 aromatic rings. The fraction of sp³-hybridized carbons (Fsp3) is 0.471. The smallest absolute Gasteiger partial charge is 0.291 e. The predicted octanol–water partition coefficient (Wildman–Crippen LogP) is 0.989. The van der Waals surface area contributed by atoms with Gasteiger partial charge in [-0.3, -0.25) is 9.89 Å². The van der Waals surface area contributed by atoms with Crippen LogP contribution in [0.5, 0.6) is 0 Å². The van der Waals surface area contributed by atoms with E-state index in [1.807, 2.05) is 11.4 Å². The number of hydrogen-bond donors (Lipinski definition) is 1. The molecular weight excluding hydrogens is 332 g/mol. The summed E-state index contributed by atoms with van der Waals surface area (Å²) in [5.74, 6) is 1.22. The second-order valence-corrected chi connectivity index (χ2v) is 6.52. The van der Waals surface area contributed by atoms with Crippen LogP contribution in [0.15, 0.2) is 12.4 Å². The van der Waals surface area contributed by atoms with Crippen molar-refractivity contribution >= 4 is 17.4 Å². The molecular formula is C17H22N8O. The van der Waals surface area contributed by atoms with Crippen LogP contribution in [-0.4, -0.2) is 66.8 Å². The molecule has 0 aromatic carbocycles. The number of piperazine rings is 1. The second kappa shape index (κ2) is 6.40. The number of nitrogens with zero attached hydrogens (tertiary/aromatic N) is 7. The molecule has 4 heterocycles. The Labute approximate surface area is 151 Å². The summed E-state index contributed by atoms with van der Waals surface area (Å²) in [5.41, 5.74) is 4.07. The van der Waals surface area contributed by atoms with Gasteiger partial charge in [-0.1, -0.05) is 6.92 Å². The number of H-pyrrole nitrogens is 1. The van der Waals surface area contributed by atoms with Crippen LogP contribution in [0.25, 0.3) is 5.65 Å². The fourth-order valence-electron chi connectivity index (χ4n) is 3.27. The van der Waals surface area contributed by atoms with Gasteiger partial charge in [0.1, 0.15) is 12.1 Å². The molecule has 0 bridgehead atoms. The summed E-state index contributed by atoms with van der Waals surface area (Å²) >= 11 is 0. The van der Waals surface area contributed by atoms with Crippen molar-refractivity contribution in [3.05, 3.63) is 35.2 Å². The third kappa shape index (κ3) is 2.69. The lowest BCUT2D eigenvalue weighted by atomic mass is 10.2. The Balaban J connectivity index is 1.59. The number of nitrogens with one attached hydrogen (secondary N) is 1. The molecule has 1 amide bonds. The van der Waals surface area contributed by atoms with Crippen LogP contribution in [0, 0.1) is 13.8 Å². The molecule has 1 aliphatic heterocycles. The molecule has 3 aromatic heterocycles. The molecule has 1 aliphatic rings. The highest BCUT2D eigenvalue weighted by Gasteiger charge is 2.26. The lowest BCUT2D eigenvalue weighted by molar-refractivity contribution is 0.0734. The van der Waals surface area contributed by atoms with E-state index in [-0.39, 0.29) is 11.7 Å². The molecule has 0 saturated carbocycles. The van der Waals surface area contributed by atoms with Gasteiger partial charge in [-0.05, 0) is 20.3 Å². The number of aromatic amines is 1. The van der Waals surface area contributed by atoms with Gasteiger partial charge in [-0.15, -0.1) is 0 Å². The maximum absolute atomic E-state index is 12.4. The number of aromatic nitrogens is 6. The van der Waals surface area contributed by atoms with Crippen LogP contribution >= 0.6 is 0 Å². The first-order valence-corrected chi connectivity index (χ1v) is 8.84. The first-order valence-electron chi connectivity index (χ1n) is 8.84. The SMILES string of the molecule is CCc1cc(N2CCN(C(=O)c3ncn[nH]3)CC2)n2nc(C)c(C)c2n1. The van der Waals surface area contributed by atoms with E-state index in [2.05, 4.69) is 45.1 Å². The third-order valence-electron chi connectivity index (χ3n) is 4.96. The van der Waals surface area contributed by atoms with Crippen LogP contribution in [0.2, 0.25) is 0 Å². The molecule has 26 heavy (non-hydrogen) atoms. The van der Waals surface area contributed by atoms with E-state index < -0.39 is 0 Å². The standard InChI is InChI=1S/C17H22N8O/c1-4-13-9-14(25-16(20-13)11(2)12(3)22-25)23-5-7-24(8-6-23)17(26)15-18-10-19-21-15/h9-10H,4-8H2,1-3H3,(H,18,19,21). The van der Waals surface area contributed by atoms with Crippen molar-refractivity contribution in [1.82, 2.24) is 34.7 Å². The highest BCUT2D eigenvalue weighted by Crippen LogP contribution is 2.23. The van der Waals surface area contributed by atoms with Gasteiger partial charge in [0.2, 0.25) is 5.82 Å². The zero-order valence-corrected chi connectivity index (χ0v) is 15.2. The van der Waals surface area contributed by atoms with Crippen LogP contribution in [-0.2, 0) is 6.42 Å². The molecule has 136 valence electrons. The van der Waals surface area contributed by atoms with Gasteiger partial charge in [-0.25, -0.2) is 9.97 Å². The molecule has 0 atom stereocenters. The monoisotopic (exact) mass is 354 g/mol. The molecule has 1 N–H and O–H groups in total. The maximum atomic E-state index is 12.4. The first-order chi connectivity index (χ1) is 12.6. The van der Waals surface area contributed by atoms with Crippen molar-refractivity contribution in [2.24, 2.45) is 0 Å². The topological polar surface area (TPSA) is 95.3 Å². The van der Waals surface area contributed by atoms with Crippen molar-refractivity contribution in [2.45, 2.75) is 27.2 Å². The molecule has 4 rings (SSSR count). The number of fused-ring (bicyclic) bond motifs is 1. The summed E-state index contributed by atoms with van der Waals surface area (Å²) in [4.78, 5) is 25.2. The van der Waals surface area contributed by atoms with E-state index in [9.17, 15) is 4.79 Å². The summed E-state index contributed by atoms with van der Waals surface area (Å²) in [6, 6.07) is 2.10. The average molecular weight is 354 g/mol. The summed E-state index contributed by atoms with van der Waals surface area (Å²) in [6.45, 7) is 8.90. The lowest BCUT2D eigenvalue weighted by Gasteiger charge is -2.35. The Kier molecular flexibility index (Phi) is 4.06. The quantitative estimate of drug-likeness (QED) is 0.754. The van der Waals surface area contributed by atoms with E-state index in [1.165, 1.54) is 6.33 Å². The Morgan fingerprint density at radius 1 is 1.23 bits per heavy atom. The average Bonchev–Trinajstić information content (AvgIpc) is 3.30. The van der Waals surface area contributed by atoms with Crippen molar-refractivity contribution in [1.29, 1.82) is 0 Å². The minimum absolute atomic E-state index is 0.109. The van der Waals surface area contributed by atoms with Crippen molar-refractivity contribution in [3.8, 4) is 0 Å². The van der Waals surface area contributed by atoms with Crippen LogP contribution in [0.3, 0.4) is 0 Å². The van der Waals surface area contributed by atoms with Crippen molar-refractivity contribution < 1.29 is 4.79 Å². The zero-order chi connectivity index (χ0) is 18.3. The van der Waals surface area contributed by atoms with Gasteiger partial charge < -0.3 is 9.80 Å². The van der Waals surface area contributed by atoms with Crippen LogP contribution < -0.4 is 4.90 Å². The van der Waals surface area contributed by atoms with Crippen LogP contribution in [0.1, 0.15) is 34.5 Å². The highest BCUT2D eigenvalue weighted by atomic mass is 16.2. The minimum atomic E-state index is -0.109. The summed E-state index contributed by atoms with van der Waals surface area (Å²) in [5, 5.41) is 11.1. The molecule has 0 unspecified atom stereocenters. The van der Waals surface area contributed by atoms with Gasteiger partial charge in [0.05, 0.1) is 5.69 Å². The third-order valence-corrected chi connectivity index (χ3v) is 4.96. The van der Waals surface area contributed by atoms with E-state index in [4.69, 9.17) is 4.98 Å². The second-order valence-electron chi connectivity index (χ2n) is 6.52. The number of carbonyl (C=O) groups excluding carboxylic acids is 1. The fourth-order valence-corrected chi connectivity index (χ4v) is 3.27. The van der Waals surface area contributed by atoms with Gasteiger partial charge in [0, 0.05) is 43.5 Å². The summed E-state index contributed by atoms with van der Waals surface area (Å²) < 4.78 is 1.93. The van der Waals surface area contributed by atoms with E-state index in [0.29, 0.717) is 13.1 Å². The number of anilines is 1. The van der Waals surface area contributed by atoms with Gasteiger partial charge in [0.15, 0.2) is 5.65 Å². The number of aryl methyl sites for hydroxylation is 3. The normalized spacial score (nSPS) is 15.0. The zero-order valence-electron chi connectivity index (χ0n) is 15.2. The van der Waals surface area contributed by atoms with Gasteiger partial charge in [0.25, 0.3) is 5.91 Å². The highest BCUT2D eigenvalue weighted by molar-refractivity contribution is 5.90. The van der Waals surface area contributed by atoms with E-state index in [0.717, 1.165) is 47.9 Å². The largest absolute Gasteiger partial charge is 0.353 e. The summed E-state index contributed by atoms with van der Waals surface area (Å²) in [6.07, 6.45) is 2.23. The van der Waals surface area contributed by atoms with Gasteiger partial charge in [-0.2, -0.15) is 14.7 Å². The molecule has 0 aliphatic carbocycles. The molecule has 0 radical (unpaired) electrons. The molecule has 9 heteroatoms. The minimum Gasteiger partial charge on any atom is -0.353 e. The summed E-state index contributed by atoms with van der Waals surface area (Å²) in [7, 11) is 0. The Morgan fingerprint density at radius 3 is 2.65 bits per heavy atom. The molecule has 1 fully saturated rings. The Hall–Kier alpha value is -2.97. The molecule has 0 spiro atoms. The number of carbonyl (C=O) groups is 1. The molecule has 1 saturated heterocycles. The first kappa shape index (κ1) is 16.5. The molecule has 9 nitrogen and oxygen atoms in total. The Morgan fingerprint density at radius 2 is 2.00 bits per heavy atom. The van der Waals surface area contributed by atoms with Crippen molar-refractivity contribution in [2.75, 3.05) is 31.1 Å². The van der Waals surface area contributed by atoms with Crippen molar-refractivity contribution in [3.63, 3.8) is 0 Å². The number of hydrogen-bond acceptors (Lipinski definition) is 6. The Bertz CT molecular complexity index is 937. The maximum Gasteiger partial charge on any atom is 0.291 e. The van der Waals surface area contributed by atoms with Crippen LogP contribution in [0.4, 0.5) is 5.82 Å². The number of rotatable bonds is 3. The predicted molar refractivity (Wildman–Crippen MR) is 96.3 cm³/mol. The number of amides is 1. The van der Waals surface area contributed by atoms with E-state index in [1.54, 1.807) is 4.90 Å². The lowest BCUT2D eigenvalue weighted by Crippen LogP contribution is -2.49. The van der Waals surface area contributed by atoms with E-state index >= 15 is 0 Å².